The number of rotatable bonds is 11. The molecule has 3 rings (SSSR count). The molecule has 2 aromatic rings. The molecule has 1 fully saturated rings. The number of benzene rings is 1. The summed E-state index contributed by atoms with van der Waals surface area (Å²) in [6, 6.07) is 5.10. The molecule has 17 nitrogen and oxygen atoms in total. The van der Waals surface area contributed by atoms with Gasteiger partial charge < -0.3 is 24.5 Å². The predicted molar refractivity (Wildman–Crippen MR) is 129 cm³/mol. The average molecular weight is 616 g/mol. The Labute approximate surface area is 216 Å². The first kappa shape index (κ1) is 30.9. The van der Waals surface area contributed by atoms with Gasteiger partial charge in [0, 0.05) is 28.8 Å². The number of para-hydroxylation sites is 1. The van der Waals surface area contributed by atoms with Crippen molar-refractivity contribution < 1.29 is 50.7 Å². The Morgan fingerprint density at radius 3 is 2.51 bits per heavy atom. The average Bonchev–Trinajstić information content (AvgIpc) is 3.22. The molecule has 1 saturated heterocycles. The van der Waals surface area contributed by atoms with Gasteiger partial charge in [-0.1, -0.05) is 23.3 Å². The van der Waals surface area contributed by atoms with Crippen LogP contribution < -0.4 is 16.3 Å². The number of alkyl halides is 2. The topological polar surface area (TPSA) is 255 Å². The maximum Gasteiger partial charge on any atom is 0.479 e. The zero-order valence-electron chi connectivity index (χ0n) is 19.6. The molecule has 1 aliphatic rings. The lowest BCUT2D eigenvalue weighted by Gasteiger charge is -2.27. The Morgan fingerprint density at radius 1 is 1.26 bits per heavy atom. The first-order chi connectivity index (χ1) is 18.0. The van der Waals surface area contributed by atoms with Crippen LogP contribution in [-0.2, 0) is 27.3 Å². The van der Waals surface area contributed by atoms with E-state index in [-0.39, 0.29) is 17.7 Å². The van der Waals surface area contributed by atoms with Crippen LogP contribution in [0.5, 0.6) is 0 Å². The van der Waals surface area contributed by atoms with Gasteiger partial charge in [0.15, 0.2) is 0 Å². The molecule has 1 aliphatic heterocycles. The van der Waals surface area contributed by atoms with Crippen molar-refractivity contribution in [1.29, 1.82) is 0 Å². The molecule has 2 heterocycles. The second kappa shape index (κ2) is 11.4. The van der Waals surface area contributed by atoms with Crippen molar-refractivity contribution >= 4 is 28.6 Å². The van der Waals surface area contributed by atoms with Crippen LogP contribution >= 0.6 is 22.9 Å². The molecule has 0 amide bonds. The summed E-state index contributed by atoms with van der Waals surface area (Å²) in [4.78, 5) is 57.7. The number of nitrogens with zero attached hydrogens (tertiary/aromatic N) is 4. The highest BCUT2D eigenvalue weighted by molar-refractivity contribution is 7.78. The Bertz CT molecular complexity index is 1530. The number of hydrogen-bond donors (Lipinski definition) is 5. The van der Waals surface area contributed by atoms with Crippen molar-refractivity contribution in [2.45, 2.75) is 37.1 Å². The lowest BCUT2D eigenvalue weighted by Crippen LogP contribution is -2.33. The van der Waals surface area contributed by atoms with Gasteiger partial charge in [0.25, 0.3) is 5.56 Å². The van der Waals surface area contributed by atoms with E-state index < -0.39 is 64.6 Å². The third-order valence-electron chi connectivity index (χ3n) is 5.24. The standard InChI is InChI=1S/C17H21F2N6O11P3/c1-10-8-25(16(27)21-15(10)26)14-7-12(22-24-20)13(35-14)9-34-39(32,33)36-38(30,31)17(18,19)37(28,29)23-11-5-3-2-4-6-11/h2-6,8,12-14H,7,9H2,1H3,(H,30,31)(H,32,33)(H,21,26,27)(H2,23,28,29)/t12-,13+,14+/m0/s1. The highest BCUT2D eigenvalue weighted by atomic mass is 31.3. The van der Waals surface area contributed by atoms with Gasteiger partial charge in [-0.25, -0.2) is 13.7 Å². The molecule has 1 aromatic heterocycles. The van der Waals surface area contributed by atoms with E-state index in [0.29, 0.717) is 0 Å². The Kier molecular flexibility index (Phi) is 9.05. The molecule has 5 N–H and O–H groups in total. The molecule has 0 radical (unpaired) electrons. The van der Waals surface area contributed by atoms with E-state index in [0.717, 1.165) is 22.9 Å². The van der Waals surface area contributed by atoms with Gasteiger partial charge in [-0.15, -0.1) is 0 Å². The number of phosphoric acid groups is 1. The van der Waals surface area contributed by atoms with Crippen molar-refractivity contribution in [2.24, 2.45) is 5.11 Å². The number of aryl methyl sites for hydroxylation is 1. The number of aromatic amines is 1. The summed E-state index contributed by atoms with van der Waals surface area (Å²) in [5, 5.41) is -0.572. The maximum atomic E-state index is 14.6. The normalized spacial score (nSPS) is 24.1. The quantitative estimate of drug-likeness (QED) is 0.106. The molecule has 0 spiro atoms. The molecule has 0 bridgehead atoms. The van der Waals surface area contributed by atoms with Gasteiger partial charge in [0.2, 0.25) is 0 Å². The van der Waals surface area contributed by atoms with Crippen LogP contribution in [-0.4, -0.2) is 48.4 Å². The van der Waals surface area contributed by atoms with Crippen LogP contribution in [0, 0.1) is 6.92 Å². The molecular weight excluding hydrogens is 595 g/mol. The summed E-state index contributed by atoms with van der Waals surface area (Å²) in [6.07, 6.45) is -1.64. The van der Waals surface area contributed by atoms with Crippen LogP contribution in [0.3, 0.4) is 0 Å². The molecule has 3 unspecified atom stereocenters. The first-order valence-corrected chi connectivity index (χ1v) is 15.3. The maximum absolute atomic E-state index is 14.6. The van der Waals surface area contributed by atoms with Crippen LogP contribution in [0.4, 0.5) is 14.5 Å². The Hall–Kier alpha value is -2.68. The van der Waals surface area contributed by atoms with Gasteiger partial charge in [-0.3, -0.25) is 28.0 Å². The molecule has 22 heteroatoms. The van der Waals surface area contributed by atoms with E-state index in [1.165, 1.54) is 30.2 Å². The first-order valence-electron chi connectivity index (χ1n) is 10.6. The number of halogens is 2. The summed E-state index contributed by atoms with van der Waals surface area (Å²) >= 11 is 0. The lowest BCUT2D eigenvalue weighted by molar-refractivity contribution is -0.0268. The molecule has 214 valence electrons. The van der Waals surface area contributed by atoms with Crippen molar-refractivity contribution in [1.82, 2.24) is 9.55 Å². The number of phosphoric ester groups is 1. The summed E-state index contributed by atoms with van der Waals surface area (Å²) in [7, 11) is -18.6. The van der Waals surface area contributed by atoms with E-state index in [4.69, 9.17) is 10.3 Å². The fourth-order valence-electron chi connectivity index (χ4n) is 3.33. The SMILES string of the molecule is Cc1cn([C@H]2C[C@H](N=[N+]=[N-])[C@@H](COP(=O)(O)OP(=O)(O)C(F)(F)P(=O)(O)Nc3ccccc3)O2)c(=O)[nH]c1=O. The number of H-pyrrole nitrogens is 1. The molecule has 0 saturated carbocycles. The fourth-order valence-corrected chi connectivity index (χ4v) is 7.85. The molecule has 0 aliphatic carbocycles. The summed E-state index contributed by atoms with van der Waals surface area (Å²) in [5.41, 5.74) is 7.02. The van der Waals surface area contributed by atoms with Crippen LogP contribution in [0.15, 0.2) is 51.2 Å². The number of aromatic nitrogens is 2. The highest BCUT2D eigenvalue weighted by Crippen LogP contribution is 2.78. The zero-order chi connectivity index (χ0) is 29.2. The largest absolute Gasteiger partial charge is 0.479 e. The van der Waals surface area contributed by atoms with Crippen LogP contribution in [0.2, 0.25) is 0 Å². The lowest BCUT2D eigenvalue weighted by atomic mass is 10.1. The molecular formula is C17H21F2N6O11P3. The molecule has 6 atom stereocenters. The number of nitrogens with one attached hydrogen (secondary N) is 2. The van der Waals surface area contributed by atoms with Crippen LogP contribution in [0.1, 0.15) is 18.2 Å². The van der Waals surface area contributed by atoms with Gasteiger partial charge >= 0.3 is 34.0 Å². The second-order valence-corrected chi connectivity index (χ2v) is 13.8. The van der Waals surface area contributed by atoms with Gasteiger partial charge in [0.05, 0.1) is 18.8 Å². The minimum Gasteiger partial charge on any atom is -0.352 e. The zero-order valence-corrected chi connectivity index (χ0v) is 22.3. The second-order valence-electron chi connectivity index (χ2n) is 8.05. The Balaban J connectivity index is 1.74. The van der Waals surface area contributed by atoms with Gasteiger partial charge in [-0.05, 0) is 24.6 Å². The number of azide groups is 1. The summed E-state index contributed by atoms with van der Waals surface area (Å²) in [5.74, 6) is 0. The van der Waals surface area contributed by atoms with E-state index in [1.807, 2.05) is 4.98 Å². The summed E-state index contributed by atoms with van der Waals surface area (Å²) in [6.45, 7) is 0.341. The monoisotopic (exact) mass is 616 g/mol. The highest BCUT2D eigenvalue weighted by Gasteiger charge is 2.67. The van der Waals surface area contributed by atoms with Gasteiger partial charge in [0.1, 0.15) is 6.23 Å². The van der Waals surface area contributed by atoms with Crippen molar-refractivity contribution in [3.8, 4) is 0 Å². The molecule has 39 heavy (non-hydrogen) atoms. The predicted octanol–water partition coefficient (Wildman–Crippen LogP) is 2.98. The minimum absolute atomic E-state index is 0.119. The Morgan fingerprint density at radius 2 is 1.90 bits per heavy atom. The van der Waals surface area contributed by atoms with E-state index in [9.17, 15) is 46.7 Å². The smallest absolute Gasteiger partial charge is 0.352 e. The summed E-state index contributed by atoms with van der Waals surface area (Å²) < 4.78 is 80.6. The van der Waals surface area contributed by atoms with E-state index in [2.05, 4.69) is 18.9 Å². The number of hydrogen-bond acceptors (Lipinski definition) is 9. The van der Waals surface area contributed by atoms with E-state index >= 15 is 0 Å². The molecule has 1 aromatic carbocycles. The van der Waals surface area contributed by atoms with E-state index in [1.54, 1.807) is 0 Å². The van der Waals surface area contributed by atoms with Crippen molar-refractivity contribution in [3.05, 3.63) is 73.4 Å². The van der Waals surface area contributed by atoms with Crippen molar-refractivity contribution in [2.75, 3.05) is 11.7 Å². The third kappa shape index (κ3) is 6.91. The number of anilines is 1. The van der Waals surface area contributed by atoms with Crippen LogP contribution in [0.25, 0.3) is 10.4 Å². The van der Waals surface area contributed by atoms with Crippen molar-refractivity contribution in [3.63, 3.8) is 0 Å². The van der Waals surface area contributed by atoms with Gasteiger partial charge in [-0.2, -0.15) is 8.78 Å². The minimum atomic E-state index is -6.69. The fraction of sp³-hybridized carbons (Fsp3) is 0.412. The number of ether oxygens (including phenoxy) is 1. The third-order valence-corrected chi connectivity index (χ3v) is 11.0.